The lowest BCUT2D eigenvalue weighted by molar-refractivity contribution is 0.377. The Morgan fingerprint density at radius 3 is 0.975 bits per heavy atom. The number of hydrogen-bond acceptors (Lipinski definition) is 0. The van der Waals surface area contributed by atoms with Crippen molar-refractivity contribution in [1.29, 1.82) is 0 Å². The van der Waals surface area contributed by atoms with Crippen LogP contribution in [0.25, 0.3) is 0 Å². The Morgan fingerprint density at radius 1 is 0.300 bits per heavy atom. The van der Waals surface area contributed by atoms with Gasteiger partial charge in [-0.1, -0.05) is 185 Å². The molecule has 0 aliphatic carbocycles. The van der Waals surface area contributed by atoms with Gasteiger partial charge in [-0.15, -0.1) is 0 Å². The first kappa shape index (κ1) is 39.0. The zero-order valence-electron chi connectivity index (χ0n) is 28.0. The fourth-order valence-corrected chi connectivity index (χ4v) is 5.68. The van der Waals surface area contributed by atoms with E-state index in [1.165, 1.54) is 167 Å². The summed E-state index contributed by atoms with van der Waals surface area (Å²) in [4.78, 5) is 0. The summed E-state index contributed by atoms with van der Waals surface area (Å²) in [5.41, 5.74) is 0. The molecule has 0 saturated heterocycles. The molecular formula is C40H74. The van der Waals surface area contributed by atoms with Gasteiger partial charge in [0.25, 0.3) is 0 Å². The van der Waals surface area contributed by atoms with Crippen LogP contribution in [0.15, 0.2) is 48.6 Å². The third-order valence-corrected chi connectivity index (χ3v) is 8.32. The topological polar surface area (TPSA) is 0 Å². The molecule has 0 amide bonds. The second-order valence-corrected chi connectivity index (χ2v) is 12.4. The van der Waals surface area contributed by atoms with Crippen molar-refractivity contribution in [2.45, 2.75) is 201 Å². The lowest BCUT2D eigenvalue weighted by Crippen LogP contribution is -2.00. The third kappa shape index (κ3) is 33.2. The van der Waals surface area contributed by atoms with Gasteiger partial charge >= 0.3 is 0 Å². The Kier molecular flexibility index (Phi) is 35.1. The van der Waals surface area contributed by atoms with Gasteiger partial charge in [-0.3, -0.25) is 0 Å². The minimum atomic E-state index is 1.00. The molecule has 0 saturated carbocycles. The van der Waals surface area contributed by atoms with Gasteiger partial charge in [-0.05, 0) is 70.1 Å². The highest BCUT2D eigenvalue weighted by Crippen LogP contribution is 2.23. The van der Waals surface area contributed by atoms with E-state index in [1.54, 1.807) is 0 Å². The lowest BCUT2D eigenvalue weighted by atomic mass is 9.90. The average molecular weight is 555 g/mol. The summed E-state index contributed by atoms with van der Waals surface area (Å²) in [6, 6.07) is 0. The molecule has 0 atom stereocenters. The Bertz CT molecular complexity index is 515. The van der Waals surface area contributed by atoms with E-state index in [0.29, 0.717) is 0 Å². The smallest absolute Gasteiger partial charge is 0.0169 e. The molecule has 0 bridgehead atoms. The van der Waals surface area contributed by atoms with Crippen molar-refractivity contribution in [3.05, 3.63) is 48.6 Å². The number of hydrogen-bond donors (Lipinski definition) is 0. The number of rotatable bonds is 32. The van der Waals surface area contributed by atoms with Crippen molar-refractivity contribution in [2.24, 2.45) is 5.92 Å². The Labute approximate surface area is 254 Å². The molecule has 0 aliphatic heterocycles. The molecule has 0 aromatic heterocycles. The summed E-state index contributed by atoms with van der Waals surface area (Å²) in [5.74, 6) is 1.00. The fraction of sp³-hybridized carbons (Fsp3) is 0.800. The molecule has 0 radical (unpaired) electrons. The van der Waals surface area contributed by atoms with Gasteiger partial charge in [0, 0.05) is 0 Å². The van der Waals surface area contributed by atoms with Gasteiger partial charge in [-0.2, -0.15) is 0 Å². The van der Waals surface area contributed by atoms with Crippen molar-refractivity contribution >= 4 is 0 Å². The fourth-order valence-electron chi connectivity index (χ4n) is 5.68. The predicted molar refractivity (Wildman–Crippen MR) is 186 cm³/mol. The molecule has 0 rings (SSSR count). The second-order valence-electron chi connectivity index (χ2n) is 12.4. The normalized spacial score (nSPS) is 12.5. The maximum Gasteiger partial charge on any atom is -0.0169 e. The highest BCUT2D eigenvalue weighted by Gasteiger charge is 2.07. The van der Waals surface area contributed by atoms with Crippen molar-refractivity contribution < 1.29 is 0 Å². The van der Waals surface area contributed by atoms with Gasteiger partial charge in [-0.25, -0.2) is 0 Å². The summed E-state index contributed by atoms with van der Waals surface area (Å²) in [7, 11) is 0. The van der Waals surface area contributed by atoms with E-state index in [9.17, 15) is 0 Å². The molecule has 0 N–H and O–H groups in total. The molecule has 0 aromatic carbocycles. The molecule has 0 nitrogen and oxygen atoms in total. The van der Waals surface area contributed by atoms with Crippen LogP contribution < -0.4 is 0 Å². The lowest BCUT2D eigenvalue weighted by Gasteiger charge is -2.16. The van der Waals surface area contributed by atoms with Gasteiger partial charge in [0.2, 0.25) is 0 Å². The van der Waals surface area contributed by atoms with E-state index in [0.717, 1.165) is 18.8 Å². The highest BCUT2D eigenvalue weighted by molar-refractivity contribution is 4.93. The van der Waals surface area contributed by atoms with Crippen LogP contribution in [0.4, 0.5) is 0 Å². The van der Waals surface area contributed by atoms with E-state index < -0.39 is 0 Å². The molecule has 234 valence electrons. The molecule has 0 heterocycles. The molecule has 0 aliphatic rings. The van der Waals surface area contributed by atoms with Crippen molar-refractivity contribution in [2.75, 3.05) is 0 Å². The number of allylic oxidation sites excluding steroid dienone is 8. The van der Waals surface area contributed by atoms with E-state index in [4.69, 9.17) is 0 Å². The second kappa shape index (κ2) is 36.0. The summed E-state index contributed by atoms with van der Waals surface area (Å²) < 4.78 is 0. The van der Waals surface area contributed by atoms with Gasteiger partial charge in [0.1, 0.15) is 0 Å². The van der Waals surface area contributed by atoms with Crippen LogP contribution in [0.2, 0.25) is 0 Å². The third-order valence-electron chi connectivity index (χ3n) is 8.32. The quantitative estimate of drug-likeness (QED) is 0.0573. The Morgan fingerprint density at radius 2 is 0.625 bits per heavy atom. The SMILES string of the molecule is CCCCC/C=C\C/C=C\CCCCCCCCC(CCC)CCCCCCCC/C=C\C/C=C\CCCCC. The summed E-state index contributed by atoms with van der Waals surface area (Å²) in [6.07, 6.45) is 57.4. The monoisotopic (exact) mass is 555 g/mol. The average Bonchev–Trinajstić information content (AvgIpc) is 2.96. The Hall–Kier alpha value is -1.04. The minimum Gasteiger partial charge on any atom is -0.0882 e. The van der Waals surface area contributed by atoms with E-state index in [-0.39, 0.29) is 0 Å². The van der Waals surface area contributed by atoms with Crippen LogP contribution in [0, 0.1) is 5.92 Å². The predicted octanol–water partition coefficient (Wildman–Crippen LogP) is 14.8. The van der Waals surface area contributed by atoms with E-state index in [2.05, 4.69) is 69.4 Å². The zero-order valence-corrected chi connectivity index (χ0v) is 28.0. The van der Waals surface area contributed by atoms with Crippen LogP contribution in [0.5, 0.6) is 0 Å². The van der Waals surface area contributed by atoms with Crippen molar-refractivity contribution in [1.82, 2.24) is 0 Å². The van der Waals surface area contributed by atoms with Crippen LogP contribution >= 0.6 is 0 Å². The van der Waals surface area contributed by atoms with Crippen LogP contribution in [0.3, 0.4) is 0 Å². The number of unbranched alkanes of at least 4 members (excludes halogenated alkanes) is 18. The first-order chi connectivity index (χ1) is 19.8. The van der Waals surface area contributed by atoms with Crippen LogP contribution in [-0.4, -0.2) is 0 Å². The molecular weight excluding hydrogens is 480 g/mol. The molecule has 0 unspecified atom stereocenters. The Balaban J connectivity index is 3.51. The van der Waals surface area contributed by atoms with Crippen LogP contribution in [0.1, 0.15) is 201 Å². The van der Waals surface area contributed by atoms with Crippen LogP contribution in [-0.2, 0) is 0 Å². The van der Waals surface area contributed by atoms with E-state index in [1.807, 2.05) is 0 Å². The van der Waals surface area contributed by atoms with Gasteiger partial charge < -0.3 is 0 Å². The molecule has 0 heteroatoms. The summed E-state index contributed by atoms with van der Waals surface area (Å²) >= 11 is 0. The molecule has 0 spiro atoms. The molecule has 40 heavy (non-hydrogen) atoms. The van der Waals surface area contributed by atoms with Gasteiger partial charge in [0.15, 0.2) is 0 Å². The minimum absolute atomic E-state index is 1.00. The first-order valence-electron chi connectivity index (χ1n) is 18.4. The van der Waals surface area contributed by atoms with E-state index >= 15 is 0 Å². The molecule has 0 aromatic rings. The largest absolute Gasteiger partial charge is 0.0882 e. The van der Waals surface area contributed by atoms with Crippen molar-refractivity contribution in [3.8, 4) is 0 Å². The summed E-state index contributed by atoms with van der Waals surface area (Å²) in [5, 5.41) is 0. The summed E-state index contributed by atoms with van der Waals surface area (Å²) in [6.45, 7) is 6.93. The first-order valence-corrected chi connectivity index (χ1v) is 18.4. The standard InChI is InChI=1S/C40H74/c1-4-7-9-11-13-15-17-19-21-23-25-27-29-31-33-35-38-40(37-6-3)39-36-34-32-30-28-26-24-22-20-18-16-14-12-10-8-5-2/h13-16,19-22,40H,4-12,17-18,23-39H2,1-3H3/b15-13-,16-14-,21-19-,22-20-. The maximum atomic E-state index is 2.40. The highest BCUT2D eigenvalue weighted by atomic mass is 14.1. The zero-order chi connectivity index (χ0) is 29.0. The molecule has 0 fully saturated rings. The van der Waals surface area contributed by atoms with Gasteiger partial charge in [0.05, 0.1) is 0 Å². The van der Waals surface area contributed by atoms with Crippen molar-refractivity contribution in [3.63, 3.8) is 0 Å². The maximum absolute atomic E-state index is 2.40.